The third-order valence-electron chi connectivity index (χ3n) is 10.1. The highest BCUT2D eigenvalue weighted by molar-refractivity contribution is 6.00. The smallest absolute Gasteiger partial charge is 0.408 e. The largest absolute Gasteiger partial charge is 0.482 e. The summed E-state index contributed by atoms with van der Waals surface area (Å²) in [6.07, 6.45) is 4.37. The zero-order valence-electron chi connectivity index (χ0n) is 29.1. The molecule has 1 atom stereocenters. The molecule has 2 amide bonds. The van der Waals surface area contributed by atoms with E-state index < -0.39 is 23.3 Å². The van der Waals surface area contributed by atoms with Gasteiger partial charge in [0.1, 0.15) is 17.4 Å². The van der Waals surface area contributed by atoms with Gasteiger partial charge in [-0.1, -0.05) is 26.0 Å². The van der Waals surface area contributed by atoms with Crippen molar-refractivity contribution in [3.63, 3.8) is 0 Å². The lowest BCUT2D eigenvalue weighted by molar-refractivity contribution is -0.180. The molecule has 2 bridgehead atoms. The summed E-state index contributed by atoms with van der Waals surface area (Å²) in [5.74, 6) is -1.59. The van der Waals surface area contributed by atoms with Gasteiger partial charge in [0.05, 0.1) is 35.7 Å². The van der Waals surface area contributed by atoms with Crippen molar-refractivity contribution in [1.82, 2.24) is 20.1 Å². The van der Waals surface area contributed by atoms with Gasteiger partial charge in [0, 0.05) is 16.5 Å². The minimum atomic E-state index is -0.984. The van der Waals surface area contributed by atoms with Crippen molar-refractivity contribution in [2.24, 2.45) is 11.3 Å². The second-order valence-corrected chi connectivity index (χ2v) is 15.5. The number of rotatable bonds is 8. The van der Waals surface area contributed by atoms with Gasteiger partial charge in [-0.3, -0.25) is 4.79 Å². The van der Waals surface area contributed by atoms with Crippen molar-refractivity contribution < 1.29 is 27.8 Å². The molecule has 1 N–H and O–H groups in total. The van der Waals surface area contributed by atoms with E-state index in [0.29, 0.717) is 51.5 Å². The molecule has 0 saturated heterocycles. The molecule has 260 valence electrons. The number of hydrogen-bond acceptors (Lipinski definition) is 7. The zero-order valence-corrected chi connectivity index (χ0v) is 29.1. The van der Waals surface area contributed by atoms with Crippen LogP contribution >= 0.6 is 0 Å². The van der Waals surface area contributed by atoms with Crippen LogP contribution in [0.15, 0.2) is 42.6 Å². The highest BCUT2D eigenvalue weighted by atomic mass is 19.2. The molecule has 3 fully saturated rings. The van der Waals surface area contributed by atoms with Crippen LogP contribution in [0.1, 0.15) is 83.7 Å². The van der Waals surface area contributed by atoms with Crippen LogP contribution in [0.5, 0.6) is 5.75 Å². The number of hydrogen-bond donors (Lipinski definition) is 1. The van der Waals surface area contributed by atoms with Gasteiger partial charge < -0.3 is 19.7 Å². The van der Waals surface area contributed by atoms with E-state index in [4.69, 9.17) is 19.6 Å². The Morgan fingerprint density at radius 3 is 2.52 bits per heavy atom. The van der Waals surface area contributed by atoms with Crippen molar-refractivity contribution in [2.45, 2.75) is 91.0 Å². The molecular formula is C38H40F2N6O4. The molecule has 12 heteroatoms. The Bertz CT molecular complexity index is 2080. The molecule has 2 aromatic heterocycles. The van der Waals surface area contributed by atoms with Crippen LogP contribution in [-0.4, -0.2) is 44.5 Å². The molecule has 8 rings (SSSR count). The van der Waals surface area contributed by atoms with Crippen molar-refractivity contribution >= 4 is 28.7 Å². The van der Waals surface area contributed by atoms with Crippen LogP contribution in [0.25, 0.3) is 22.2 Å². The topological polar surface area (TPSA) is 122 Å². The molecule has 0 spiro atoms. The maximum Gasteiger partial charge on any atom is 0.408 e. The number of aromatic nitrogens is 3. The lowest BCUT2D eigenvalue weighted by Gasteiger charge is -2.72. The van der Waals surface area contributed by atoms with Crippen molar-refractivity contribution in [2.75, 3.05) is 11.5 Å². The highest BCUT2D eigenvalue weighted by Crippen LogP contribution is 2.71. The summed E-state index contributed by atoms with van der Waals surface area (Å²) < 4.78 is 40.9. The SMILES string of the molecule is CC(C)Cc1nc2c(cnn2C(C)C23CC(NC(=O)OC(C)(C)C)(C2)C3)c(-c2ccc3c(c2)OCC(=O)N3Cc2ccc(F)c(F)c2)c1C#N. The molecular weight excluding hydrogens is 642 g/mol. The number of alkyl carbamates (subject to hydrolysis) is 1. The fraction of sp³-hybridized carbons (Fsp3) is 0.447. The number of amides is 2. The number of benzene rings is 2. The van der Waals surface area contributed by atoms with Crippen LogP contribution in [0.2, 0.25) is 0 Å². The summed E-state index contributed by atoms with van der Waals surface area (Å²) in [7, 11) is 0. The van der Waals surface area contributed by atoms with Crippen molar-refractivity contribution in [3.8, 4) is 22.9 Å². The van der Waals surface area contributed by atoms with E-state index in [2.05, 4.69) is 32.2 Å². The zero-order chi connectivity index (χ0) is 35.7. The lowest BCUT2D eigenvalue weighted by Crippen LogP contribution is -2.76. The van der Waals surface area contributed by atoms with Gasteiger partial charge in [-0.2, -0.15) is 10.4 Å². The second kappa shape index (κ2) is 11.8. The Hall–Kier alpha value is -5.05. The molecule has 10 nitrogen and oxygen atoms in total. The summed E-state index contributed by atoms with van der Waals surface area (Å²) in [6.45, 7) is 11.6. The Kier molecular flexibility index (Phi) is 7.88. The van der Waals surface area contributed by atoms with Crippen LogP contribution in [-0.2, 0) is 22.5 Å². The number of ether oxygens (including phenoxy) is 2. The Morgan fingerprint density at radius 1 is 1.12 bits per heavy atom. The minimum Gasteiger partial charge on any atom is -0.482 e. The fourth-order valence-corrected chi connectivity index (χ4v) is 7.92. The Balaban J connectivity index is 1.23. The number of pyridine rings is 1. The van der Waals surface area contributed by atoms with Gasteiger partial charge >= 0.3 is 6.09 Å². The maximum atomic E-state index is 14.0. The predicted molar refractivity (Wildman–Crippen MR) is 182 cm³/mol. The van der Waals surface area contributed by atoms with E-state index in [9.17, 15) is 23.6 Å². The molecule has 0 radical (unpaired) electrons. The van der Waals surface area contributed by atoms with Gasteiger partial charge in [-0.25, -0.2) is 23.2 Å². The molecule has 3 saturated carbocycles. The Labute approximate surface area is 289 Å². The van der Waals surface area contributed by atoms with Crippen molar-refractivity contribution in [1.29, 1.82) is 5.26 Å². The van der Waals surface area contributed by atoms with Gasteiger partial charge in [-0.05, 0) is 100 Å². The third kappa shape index (κ3) is 5.72. The Morgan fingerprint density at radius 2 is 1.86 bits per heavy atom. The first-order valence-corrected chi connectivity index (χ1v) is 16.9. The summed E-state index contributed by atoms with van der Waals surface area (Å²) in [4.78, 5) is 32.0. The quantitative estimate of drug-likeness (QED) is 0.206. The fourth-order valence-electron chi connectivity index (χ4n) is 7.92. The molecule has 1 aliphatic heterocycles. The molecule has 4 aliphatic rings. The van der Waals surface area contributed by atoms with Gasteiger partial charge in [0.2, 0.25) is 0 Å². The van der Waals surface area contributed by atoms with E-state index in [1.165, 1.54) is 11.0 Å². The number of fused-ring (bicyclic) bond motifs is 2. The normalized spacial score (nSPS) is 21.5. The van der Waals surface area contributed by atoms with Gasteiger partial charge in [0.15, 0.2) is 23.9 Å². The average molecular weight is 683 g/mol. The molecule has 2 aromatic carbocycles. The summed E-state index contributed by atoms with van der Waals surface area (Å²) >= 11 is 0. The number of anilines is 1. The van der Waals surface area contributed by atoms with E-state index in [-0.39, 0.29) is 42.0 Å². The summed E-state index contributed by atoms with van der Waals surface area (Å²) in [6, 6.07) is 11.4. The highest BCUT2D eigenvalue weighted by Gasteiger charge is 2.71. The van der Waals surface area contributed by atoms with E-state index in [0.717, 1.165) is 36.8 Å². The molecule has 50 heavy (non-hydrogen) atoms. The molecule has 3 aliphatic carbocycles. The first-order valence-electron chi connectivity index (χ1n) is 16.9. The number of nitriles is 1. The second-order valence-electron chi connectivity index (χ2n) is 15.5. The molecule has 3 heterocycles. The van der Waals surface area contributed by atoms with Gasteiger partial charge in [-0.15, -0.1) is 0 Å². The van der Waals surface area contributed by atoms with E-state index in [1.807, 2.05) is 37.6 Å². The molecule has 1 unspecified atom stereocenters. The van der Waals surface area contributed by atoms with Crippen LogP contribution < -0.4 is 15.0 Å². The number of nitrogens with zero attached hydrogens (tertiary/aromatic N) is 5. The summed E-state index contributed by atoms with van der Waals surface area (Å²) in [5, 5.41) is 19.2. The van der Waals surface area contributed by atoms with E-state index >= 15 is 0 Å². The van der Waals surface area contributed by atoms with Crippen molar-refractivity contribution in [3.05, 3.63) is 71.1 Å². The summed E-state index contributed by atoms with van der Waals surface area (Å²) in [5.41, 5.74) is 3.23. The average Bonchev–Trinajstić information content (AvgIpc) is 3.42. The monoisotopic (exact) mass is 682 g/mol. The van der Waals surface area contributed by atoms with E-state index in [1.54, 1.807) is 12.3 Å². The van der Waals surface area contributed by atoms with Crippen LogP contribution in [0.4, 0.5) is 19.3 Å². The minimum absolute atomic E-state index is 0.0229. The van der Waals surface area contributed by atoms with Crippen LogP contribution in [0.3, 0.4) is 0 Å². The number of nitrogens with one attached hydrogen (secondary N) is 1. The molecule has 4 aromatic rings. The number of carbonyl (C=O) groups excluding carboxylic acids is 2. The first kappa shape index (κ1) is 33.4. The third-order valence-corrected chi connectivity index (χ3v) is 10.1. The maximum absolute atomic E-state index is 14.0. The van der Waals surface area contributed by atoms with Gasteiger partial charge in [0.25, 0.3) is 5.91 Å². The number of halogens is 2. The lowest BCUT2D eigenvalue weighted by atomic mass is 9.37. The standard InChI is InChI=1S/C38H40F2N6O4/c1-21(2)11-29-25(14-41)33(24-8-10-30-31(13-24)49-17-32(47)45(30)16-23-7-9-27(39)28(40)12-23)26-15-42-46(34(26)43-29)22(3)37-18-38(19-37,20-37)44-35(48)50-36(4,5)6/h7-10,12-13,15,21-22H,11,16-20H2,1-6H3,(H,44,48). The number of carbonyl (C=O) groups is 2. The first-order chi connectivity index (χ1) is 23.6. The van der Waals surface area contributed by atoms with Crippen LogP contribution in [0, 0.1) is 34.3 Å². The predicted octanol–water partition coefficient (Wildman–Crippen LogP) is 7.38.